The van der Waals surface area contributed by atoms with E-state index in [0.29, 0.717) is 0 Å². The van der Waals surface area contributed by atoms with E-state index in [1.54, 1.807) is 6.20 Å². The largest absolute Gasteiger partial charge is 0.346 e. The topological polar surface area (TPSA) is 40.7 Å². The molecule has 0 saturated carbocycles. The molecule has 2 aromatic heterocycles. The van der Waals surface area contributed by atoms with Crippen LogP contribution in [0.2, 0.25) is 0 Å². The highest BCUT2D eigenvalue weighted by atomic mass is 14.9. The molecule has 0 bridgehead atoms. The third-order valence-electron chi connectivity index (χ3n) is 2.38. The van der Waals surface area contributed by atoms with Crippen LogP contribution < -0.4 is 5.32 Å². The normalized spacial score (nSPS) is 10.7. The van der Waals surface area contributed by atoms with Crippen LogP contribution in [0.25, 0.3) is 11.0 Å². The summed E-state index contributed by atoms with van der Waals surface area (Å²) in [7, 11) is 0. The van der Waals surface area contributed by atoms with E-state index < -0.39 is 0 Å². The summed E-state index contributed by atoms with van der Waals surface area (Å²) in [5.74, 6) is 0. The molecule has 2 aromatic rings. The second-order valence-corrected chi connectivity index (χ2v) is 3.47. The number of fused-ring (bicyclic) bond motifs is 1. The molecule has 2 rings (SSSR count). The Kier molecular flexibility index (Phi) is 3.15. The van der Waals surface area contributed by atoms with Gasteiger partial charge in [-0.3, -0.25) is 0 Å². The summed E-state index contributed by atoms with van der Waals surface area (Å²) in [6, 6.07) is 4.05. The van der Waals surface area contributed by atoms with Crippen molar-refractivity contribution >= 4 is 11.0 Å². The molecule has 0 aromatic carbocycles. The van der Waals surface area contributed by atoms with Gasteiger partial charge in [-0.1, -0.05) is 6.08 Å². The second kappa shape index (κ2) is 4.75. The molecule has 0 amide bonds. The Balaban J connectivity index is 2.05. The molecule has 0 saturated heterocycles. The predicted molar refractivity (Wildman–Crippen MR) is 62.6 cm³/mol. The van der Waals surface area contributed by atoms with Crippen molar-refractivity contribution in [3.63, 3.8) is 0 Å². The van der Waals surface area contributed by atoms with Crippen LogP contribution >= 0.6 is 0 Å². The fourth-order valence-corrected chi connectivity index (χ4v) is 1.59. The summed E-state index contributed by atoms with van der Waals surface area (Å²) in [5, 5.41) is 4.56. The molecule has 0 aliphatic carbocycles. The summed E-state index contributed by atoms with van der Waals surface area (Å²) < 4.78 is 0. The van der Waals surface area contributed by atoms with Gasteiger partial charge in [0.05, 0.1) is 0 Å². The van der Waals surface area contributed by atoms with Gasteiger partial charge in [0.2, 0.25) is 0 Å². The summed E-state index contributed by atoms with van der Waals surface area (Å²) in [6.45, 7) is 5.53. The van der Waals surface area contributed by atoms with Gasteiger partial charge in [-0.15, -0.1) is 6.58 Å². The molecular weight excluding hydrogens is 186 g/mol. The Morgan fingerprint density at radius 3 is 3.33 bits per heavy atom. The lowest BCUT2D eigenvalue weighted by molar-refractivity contribution is 0.699. The number of nitrogens with zero attached hydrogens (tertiary/aromatic N) is 1. The van der Waals surface area contributed by atoms with Crippen molar-refractivity contribution in [3.05, 3.63) is 42.7 Å². The quantitative estimate of drug-likeness (QED) is 0.575. The van der Waals surface area contributed by atoms with E-state index in [2.05, 4.69) is 27.9 Å². The van der Waals surface area contributed by atoms with E-state index >= 15 is 0 Å². The molecule has 0 fully saturated rings. The number of H-pyrrole nitrogens is 1. The van der Waals surface area contributed by atoms with E-state index in [-0.39, 0.29) is 0 Å². The van der Waals surface area contributed by atoms with E-state index in [1.807, 2.05) is 18.3 Å². The maximum absolute atomic E-state index is 4.25. The third-order valence-corrected chi connectivity index (χ3v) is 2.38. The van der Waals surface area contributed by atoms with E-state index in [9.17, 15) is 0 Å². The van der Waals surface area contributed by atoms with Gasteiger partial charge in [0.15, 0.2) is 0 Å². The van der Waals surface area contributed by atoms with Crippen LogP contribution in [-0.2, 0) is 6.54 Å². The average molecular weight is 201 g/mol. The van der Waals surface area contributed by atoms with Crippen molar-refractivity contribution in [1.82, 2.24) is 15.3 Å². The van der Waals surface area contributed by atoms with Crippen LogP contribution in [0.3, 0.4) is 0 Å². The van der Waals surface area contributed by atoms with Crippen molar-refractivity contribution in [2.45, 2.75) is 13.0 Å². The van der Waals surface area contributed by atoms with E-state index in [4.69, 9.17) is 0 Å². The number of aromatic amines is 1. The number of pyridine rings is 1. The van der Waals surface area contributed by atoms with Crippen LogP contribution in [0, 0.1) is 0 Å². The Hall–Kier alpha value is -1.61. The molecule has 0 atom stereocenters. The Morgan fingerprint density at radius 1 is 1.53 bits per heavy atom. The Bertz CT molecular complexity index is 445. The summed E-state index contributed by atoms with van der Waals surface area (Å²) >= 11 is 0. The molecule has 3 nitrogen and oxygen atoms in total. The lowest BCUT2D eigenvalue weighted by atomic mass is 10.2. The van der Waals surface area contributed by atoms with Crippen molar-refractivity contribution in [2.75, 3.05) is 6.54 Å². The van der Waals surface area contributed by atoms with Crippen molar-refractivity contribution in [1.29, 1.82) is 0 Å². The van der Waals surface area contributed by atoms with Gasteiger partial charge >= 0.3 is 0 Å². The van der Waals surface area contributed by atoms with Crippen LogP contribution in [0.4, 0.5) is 0 Å². The van der Waals surface area contributed by atoms with Crippen molar-refractivity contribution in [2.24, 2.45) is 0 Å². The van der Waals surface area contributed by atoms with Crippen LogP contribution in [0.5, 0.6) is 0 Å². The summed E-state index contributed by atoms with van der Waals surface area (Å²) in [6.07, 6.45) is 6.73. The molecule has 2 heterocycles. The molecule has 2 N–H and O–H groups in total. The zero-order chi connectivity index (χ0) is 10.5. The molecule has 3 heteroatoms. The van der Waals surface area contributed by atoms with Gasteiger partial charge in [0.25, 0.3) is 0 Å². The molecule has 78 valence electrons. The Morgan fingerprint density at radius 2 is 2.47 bits per heavy atom. The van der Waals surface area contributed by atoms with Gasteiger partial charge in [0, 0.05) is 24.3 Å². The Labute approximate surface area is 89.2 Å². The monoisotopic (exact) mass is 201 g/mol. The highest BCUT2D eigenvalue weighted by Gasteiger charge is 2.01. The van der Waals surface area contributed by atoms with Gasteiger partial charge in [-0.05, 0) is 30.7 Å². The summed E-state index contributed by atoms with van der Waals surface area (Å²) in [4.78, 5) is 7.40. The van der Waals surface area contributed by atoms with Gasteiger partial charge in [-0.2, -0.15) is 0 Å². The number of hydrogen-bond donors (Lipinski definition) is 2. The minimum atomic E-state index is 0.875. The minimum Gasteiger partial charge on any atom is -0.346 e. The fourth-order valence-electron chi connectivity index (χ4n) is 1.59. The van der Waals surface area contributed by atoms with Gasteiger partial charge in [0.1, 0.15) is 5.65 Å². The first-order chi connectivity index (χ1) is 7.42. The molecule has 0 unspecified atom stereocenters. The summed E-state index contributed by atoms with van der Waals surface area (Å²) in [5.41, 5.74) is 2.22. The maximum Gasteiger partial charge on any atom is 0.137 e. The first-order valence-corrected chi connectivity index (χ1v) is 5.14. The number of rotatable bonds is 5. The zero-order valence-corrected chi connectivity index (χ0v) is 8.66. The zero-order valence-electron chi connectivity index (χ0n) is 8.66. The first-order valence-electron chi connectivity index (χ1n) is 5.14. The minimum absolute atomic E-state index is 0.875. The number of aromatic nitrogens is 2. The molecule has 0 aliphatic heterocycles. The van der Waals surface area contributed by atoms with Crippen LogP contribution in [0.15, 0.2) is 37.2 Å². The predicted octanol–water partition coefficient (Wildman–Crippen LogP) is 2.23. The smallest absolute Gasteiger partial charge is 0.137 e. The lowest BCUT2D eigenvalue weighted by Crippen LogP contribution is -2.13. The molecule has 0 spiro atoms. The average Bonchev–Trinajstić information content (AvgIpc) is 2.68. The van der Waals surface area contributed by atoms with Crippen molar-refractivity contribution in [3.8, 4) is 0 Å². The standard InChI is InChI=1S/C12H15N3/c1-2-3-6-13-8-10-9-15-12-11(10)5-4-7-14-12/h2,4-5,7,9,13H,1,3,6,8H2,(H,14,15). The number of hydrogen-bond acceptors (Lipinski definition) is 2. The number of nitrogens with one attached hydrogen (secondary N) is 2. The molecule has 15 heavy (non-hydrogen) atoms. The van der Waals surface area contributed by atoms with Gasteiger partial charge < -0.3 is 10.3 Å². The molecule has 0 radical (unpaired) electrons. The first kappa shape index (κ1) is 9.93. The fraction of sp³-hybridized carbons (Fsp3) is 0.250. The highest BCUT2D eigenvalue weighted by Crippen LogP contribution is 2.14. The van der Waals surface area contributed by atoms with E-state index in [1.165, 1.54) is 10.9 Å². The second-order valence-electron chi connectivity index (χ2n) is 3.47. The molecule has 0 aliphatic rings. The van der Waals surface area contributed by atoms with E-state index in [0.717, 1.165) is 25.2 Å². The van der Waals surface area contributed by atoms with Crippen LogP contribution in [0.1, 0.15) is 12.0 Å². The molecular formula is C12H15N3. The van der Waals surface area contributed by atoms with Crippen molar-refractivity contribution < 1.29 is 0 Å². The third kappa shape index (κ3) is 2.25. The lowest BCUT2D eigenvalue weighted by Gasteiger charge is -2.00. The van der Waals surface area contributed by atoms with Gasteiger partial charge in [-0.25, -0.2) is 4.98 Å². The van der Waals surface area contributed by atoms with Crippen LogP contribution in [-0.4, -0.2) is 16.5 Å². The maximum atomic E-state index is 4.25. The SMILES string of the molecule is C=CCCNCc1c[nH]c2ncccc12. The highest BCUT2D eigenvalue weighted by molar-refractivity contribution is 5.79.